The zero-order chi connectivity index (χ0) is 19.9. The van der Waals surface area contributed by atoms with Crippen LogP contribution < -0.4 is 9.64 Å². The largest absolute Gasteiger partial charge is 0.494 e. The molecule has 2 fully saturated rings. The first-order chi connectivity index (χ1) is 13.5. The molecular weight excluding hydrogens is 382 g/mol. The Bertz CT molecular complexity index is 918. The molecule has 8 heteroatoms. The minimum absolute atomic E-state index is 0.169. The summed E-state index contributed by atoms with van der Waals surface area (Å²) in [7, 11) is 1.61. The molecule has 0 radical (unpaired) electrons. The van der Waals surface area contributed by atoms with E-state index in [1.54, 1.807) is 13.3 Å². The number of nitrogens with zero attached hydrogens (tertiary/aromatic N) is 4. The molecule has 1 aromatic carbocycles. The highest BCUT2D eigenvalue weighted by Gasteiger charge is 2.54. The fraction of sp³-hybridized carbons (Fsp3) is 0.500. The highest BCUT2D eigenvalue weighted by molar-refractivity contribution is 7.96. The van der Waals surface area contributed by atoms with Crippen molar-refractivity contribution in [2.45, 2.75) is 25.3 Å². The van der Waals surface area contributed by atoms with E-state index in [0.29, 0.717) is 11.3 Å². The molecule has 1 saturated heterocycles. The number of nitriles is 1. The summed E-state index contributed by atoms with van der Waals surface area (Å²) in [6, 6.07) is 8.19. The van der Waals surface area contributed by atoms with E-state index in [1.807, 2.05) is 28.8 Å². The summed E-state index contributed by atoms with van der Waals surface area (Å²) in [5.74, 6) is 0.685. The molecule has 1 saturated carbocycles. The number of hydrogen-bond acceptors (Lipinski definition) is 6. The van der Waals surface area contributed by atoms with Crippen LogP contribution in [0.3, 0.4) is 0 Å². The van der Waals surface area contributed by atoms with E-state index < -0.39 is 6.43 Å². The number of rotatable bonds is 6. The third-order valence-electron chi connectivity index (χ3n) is 5.84. The second kappa shape index (κ2) is 7.37. The Morgan fingerprint density at radius 3 is 2.79 bits per heavy atom. The molecule has 1 aliphatic heterocycles. The summed E-state index contributed by atoms with van der Waals surface area (Å²) < 4.78 is 32.7. The Morgan fingerprint density at radius 1 is 1.43 bits per heavy atom. The molecule has 2 aliphatic rings. The maximum atomic E-state index is 12.7. The maximum Gasteiger partial charge on any atom is 0.252 e. The molecule has 1 aliphatic carbocycles. The fourth-order valence-corrected chi connectivity index (χ4v) is 5.31. The monoisotopic (exact) mass is 404 g/mol. The predicted molar refractivity (Wildman–Crippen MR) is 107 cm³/mol. The molecule has 0 atom stereocenters. The highest BCUT2D eigenvalue weighted by Crippen LogP contribution is 2.53. The Balaban J connectivity index is 1.53. The molecule has 5 nitrogen and oxygen atoms in total. The fourth-order valence-electron chi connectivity index (χ4n) is 4.60. The van der Waals surface area contributed by atoms with Crippen molar-refractivity contribution in [2.75, 3.05) is 37.9 Å². The molecule has 0 unspecified atom stereocenters. The summed E-state index contributed by atoms with van der Waals surface area (Å²) in [5.41, 5.74) is 2.36. The average Bonchev–Trinajstić information content (AvgIpc) is 2.63. The lowest BCUT2D eigenvalue weighted by atomic mass is 9.60. The lowest BCUT2D eigenvalue weighted by Crippen LogP contribution is -2.66. The quantitative estimate of drug-likeness (QED) is 0.680. The molecule has 1 aromatic heterocycles. The molecule has 2 aromatic rings. The number of alkyl halides is 2. The molecule has 0 N–H and O–H groups in total. The molecule has 2 heterocycles. The smallest absolute Gasteiger partial charge is 0.252 e. The van der Waals surface area contributed by atoms with E-state index in [-0.39, 0.29) is 18.0 Å². The number of fused-ring (bicyclic) bond motifs is 1. The number of halogens is 2. The maximum absolute atomic E-state index is 12.7. The van der Waals surface area contributed by atoms with Crippen molar-refractivity contribution >= 4 is 28.5 Å². The van der Waals surface area contributed by atoms with E-state index in [4.69, 9.17) is 4.74 Å². The normalized spacial score (nSPS) is 18.4. The van der Waals surface area contributed by atoms with Crippen molar-refractivity contribution < 1.29 is 13.5 Å². The van der Waals surface area contributed by atoms with E-state index in [1.165, 1.54) is 11.9 Å². The molecule has 0 bridgehead atoms. The number of hydrogen-bond donors (Lipinski definition) is 0. The zero-order valence-corrected chi connectivity index (χ0v) is 16.7. The van der Waals surface area contributed by atoms with Gasteiger partial charge in [0.2, 0.25) is 0 Å². The van der Waals surface area contributed by atoms with Crippen LogP contribution in [0.2, 0.25) is 0 Å². The number of para-hydroxylation sites is 1. The number of ether oxygens (including phenoxy) is 1. The van der Waals surface area contributed by atoms with Crippen molar-refractivity contribution in [3.05, 3.63) is 30.0 Å². The van der Waals surface area contributed by atoms with Gasteiger partial charge < -0.3 is 9.64 Å². The Kier molecular flexibility index (Phi) is 5.06. The van der Waals surface area contributed by atoms with E-state index in [0.717, 1.165) is 42.5 Å². The molecule has 28 heavy (non-hydrogen) atoms. The number of pyridine rings is 1. The highest BCUT2D eigenvalue weighted by atomic mass is 32.2. The van der Waals surface area contributed by atoms with Crippen LogP contribution in [0.4, 0.5) is 14.5 Å². The van der Waals surface area contributed by atoms with Crippen LogP contribution in [0.15, 0.2) is 24.4 Å². The van der Waals surface area contributed by atoms with Crippen LogP contribution in [0.5, 0.6) is 5.75 Å². The first-order valence-electron chi connectivity index (χ1n) is 9.20. The summed E-state index contributed by atoms with van der Waals surface area (Å²) in [6.45, 7) is 1.50. The number of methoxy groups -OCH3 is 1. The third-order valence-corrected chi connectivity index (χ3v) is 6.75. The molecule has 0 amide bonds. The van der Waals surface area contributed by atoms with Crippen molar-refractivity contribution in [1.82, 2.24) is 9.29 Å². The minimum Gasteiger partial charge on any atom is -0.494 e. The predicted octanol–water partition coefficient (Wildman–Crippen LogP) is 3.93. The van der Waals surface area contributed by atoms with Crippen LogP contribution in [0.25, 0.3) is 10.9 Å². The van der Waals surface area contributed by atoms with Crippen LogP contribution in [-0.4, -0.2) is 54.8 Å². The van der Waals surface area contributed by atoms with Crippen LogP contribution in [0.1, 0.15) is 18.4 Å². The van der Waals surface area contributed by atoms with Crippen LogP contribution in [0, 0.1) is 16.7 Å². The van der Waals surface area contributed by atoms with Crippen molar-refractivity contribution in [3.8, 4) is 11.8 Å². The summed E-state index contributed by atoms with van der Waals surface area (Å²) in [5, 5.41) is 10.5. The van der Waals surface area contributed by atoms with Gasteiger partial charge in [0.25, 0.3) is 6.43 Å². The van der Waals surface area contributed by atoms with Gasteiger partial charge in [0.1, 0.15) is 17.3 Å². The van der Waals surface area contributed by atoms with E-state index in [2.05, 4.69) is 16.0 Å². The van der Waals surface area contributed by atoms with Gasteiger partial charge in [0.15, 0.2) is 0 Å². The van der Waals surface area contributed by atoms with Gasteiger partial charge in [-0.15, -0.1) is 0 Å². The van der Waals surface area contributed by atoms with Crippen molar-refractivity contribution in [3.63, 3.8) is 0 Å². The van der Waals surface area contributed by atoms with E-state index >= 15 is 0 Å². The van der Waals surface area contributed by atoms with Gasteiger partial charge in [-0.2, -0.15) is 5.26 Å². The van der Waals surface area contributed by atoms with Crippen LogP contribution >= 0.6 is 11.9 Å². The van der Waals surface area contributed by atoms with Gasteiger partial charge in [0.05, 0.1) is 24.9 Å². The molecule has 4 rings (SSSR count). The van der Waals surface area contributed by atoms with Gasteiger partial charge in [-0.25, -0.2) is 13.1 Å². The van der Waals surface area contributed by atoms with Crippen molar-refractivity contribution in [2.24, 2.45) is 5.41 Å². The van der Waals surface area contributed by atoms with Gasteiger partial charge in [-0.3, -0.25) is 4.98 Å². The van der Waals surface area contributed by atoms with Crippen molar-refractivity contribution in [1.29, 1.82) is 5.26 Å². The summed E-state index contributed by atoms with van der Waals surface area (Å²) in [6.07, 6.45) is 3.00. The Morgan fingerprint density at radius 2 is 2.18 bits per heavy atom. The molecule has 1 spiro atoms. The van der Waals surface area contributed by atoms with Gasteiger partial charge in [-0.05, 0) is 25.2 Å². The van der Waals surface area contributed by atoms with E-state index in [9.17, 15) is 14.0 Å². The zero-order valence-electron chi connectivity index (χ0n) is 15.9. The Labute approximate surface area is 167 Å². The molecular formula is C20H22F2N4OS. The third kappa shape index (κ3) is 3.16. The first-order valence-corrected chi connectivity index (χ1v) is 10.4. The first kappa shape index (κ1) is 19.2. The second-order valence-corrected chi connectivity index (χ2v) is 8.41. The lowest BCUT2D eigenvalue weighted by Gasteiger charge is -2.61. The Hall–Kier alpha value is -2.11. The number of anilines is 1. The average molecular weight is 404 g/mol. The van der Waals surface area contributed by atoms with Crippen LogP contribution in [-0.2, 0) is 0 Å². The van der Waals surface area contributed by atoms with Gasteiger partial charge >= 0.3 is 0 Å². The topological polar surface area (TPSA) is 52.4 Å². The standard InChI is InChI=1S/C20H22F2N4OS/c1-27-16-5-3-4-15-18(16)24-9-13(8-23)19(15)25-11-20(12-25)6-14(7-20)26(28-2)10-17(21)22/h3-5,9,14,17H,6-7,10-12H2,1-2H3. The minimum atomic E-state index is -2.31. The number of benzene rings is 1. The second-order valence-electron chi connectivity index (χ2n) is 7.58. The van der Waals surface area contributed by atoms with Gasteiger partial charge in [0, 0.05) is 36.1 Å². The number of aromatic nitrogens is 1. The SMILES string of the molecule is COc1cccc2c(N3CC4(CC(N(CC(F)F)SC)C4)C3)c(C#N)cnc12. The summed E-state index contributed by atoms with van der Waals surface area (Å²) in [4.78, 5) is 6.63. The van der Waals surface area contributed by atoms with Gasteiger partial charge in [-0.1, -0.05) is 24.1 Å². The lowest BCUT2D eigenvalue weighted by molar-refractivity contribution is 0.000287. The molecule has 148 valence electrons. The summed E-state index contributed by atoms with van der Waals surface area (Å²) >= 11 is 1.40.